The van der Waals surface area contributed by atoms with Crippen molar-refractivity contribution < 1.29 is 23.8 Å². The molecular formula is C20H31NO5. The van der Waals surface area contributed by atoms with Gasteiger partial charge in [0.25, 0.3) is 0 Å². The predicted molar refractivity (Wildman–Crippen MR) is 101 cm³/mol. The highest BCUT2D eigenvalue weighted by Crippen LogP contribution is 2.27. The standard InChI is InChI=1S/C20H31NO5/c1-12-11-16(24-8)9-10-17(12)13(2)15(4)25-18(22)14(3)21-19(23)26-20(5,6)7/h9-11,13-15H,1-8H3,(H,21,23)/t13-,14-,15+/m1/s1. The molecule has 6 heteroatoms. The van der Waals surface area contributed by atoms with Gasteiger partial charge in [-0.05, 0) is 64.8 Å². The van der Waals surface area contributed by atoms with Crippen LogP contribution in [0.5, 0.6) is 5.75 Å². The first-order valence-electron chi connectivity index (χ1n) is 8.79. The number of rotatable bonds is 6. The molecule has 0 bridgehead atoms. The first-order valence-corrected chi connectivity index (χ1v) is 8.79. The zero-order valence-corrected chi connectivity index (χ0v) is 17.0. The van der Waals surface area contributed by atoms with Crippen LogP contribution >= 0.6 is 0 Å². The van der Waals surface area contributed by atoms with E-state index in [0.29, 0.717) is 0 Å². The van der Waals surface area contributed by atoms with E-state index < -0.39 is 23.7 Å². The number of carbonyl (C=O) groups excluding carboxylic acids is 2. The lowest BCUT2D eigenvalue weighted by atomic mass is 9.92. The number of amides is 1. The number of esters is 1. The monoisotopic (exact) mass is 365 g/mol. The third kappa shape index (κ3) is 6.58. The SMILES string of the molecule is COc1ccc([C@H](C)[C@H](C)OC(=O)[C@@H](C)NC(=O)OC(C)(C)C)c(C)c1. The van der Waals surface area contributed by atoms with Crippen molar-refractivity contribution in [2.75, 3.05) is 7.11 Å². The Kier molecular flexibility index (Phi) is 7.48. The summed E-state index contributed by atoms with van der Waals surface area (Å²) in [7, 11) is 1.63. The van der Waals surface area contributed by atoms with Gasteiger partial charge in [-0.2, -0.15) is 0 Å². The molecule has 0 radical (unpaired) electrons. The quantitative estimate of drug-likeness (QED) is 0.773. The van der Waals surface area contributed by atoms with E-state index in [1.165, 1.54) is 0 Å². The molecule has 0 unspecified atom stereocenters. The fraction of sp³-hybridized carbons (Fsp3) is 0.600. The first-order chi connectivity index (χ1) is 11.9. The van der Waals surface area contributed by atoms with Crippen LogP contribution in [0, 0.1) is 6.92 Å². The van der Waals surface area contributed by atoms with Crippen molar-refractivity contribution in [3.63, 3.8) is 0 Å². The van der Waals surface area contributed by atoms with Crippen molar-refractivity contribution in [2.24, 2.45) is 0 Å². The third-order valence-electron chi connectivity index (χ3n) is 4.06. The maximum atomic E-state index is 12.3. The molecular weight excluding hydrogens is 334 g/mol. The molecule has 0 aliphatic rings. The highest BCUT2D eigenvalue weighted by molar-refractivity contribution is 5.81. The van der Waals surface area contributed by atoms with Crippen molar-refractivity contribution in [1.82, 2.24) is 5.32 Å². The largest absolute Gasteiger partial charge is 0.497 e. The van der Waals surface area contributed by atoms with Crippen LogP contribution in [0.15, 0.2) is 18.2 Å². The number of hydrogen-bond donors (Lipinski definition) is 1. The maximum Gasteiger partial charge on any atom is 0.408 e. The van der Waals surface area contributed by atoms with Gasteiger partial charge in [0.2, 0.25) is 0 Å². The van der Waals surface area contributed by atoms with Gasteiger partial charge in [0, 0.05) is 5.92 Å². The Bertz CT molecular complexity index is 636. The van der Waals surface area contributed by atoms with E-state index in [1.54, 1.807) is 34.8 Å². The minimum absolute atomic E-state index is 0.00131. The summed E-state index contributed by atoms with van der Waals surface area (Å²) in [6, 6.07) is 5.02. The van der Waals surface area contributed by atoms with Crippen LogP contribution in [0.25, 0.3) is 0 Å². The van der Waals surface area contributed by atoms with Crippen LogP contribution in [-0.2, 0) is 14.3 Å². The second kappa shape index (κ2) is 8.92. The molecule has 0 heterocycles. The molecule has 0 aliphatic carbocycles. The molecule has 0 saturated heterocycles. The Balaban J connectivity index is 2.66. The zero-order chi connectivity index (χ0) is 20.1. The number of methoxy groups -OCH3 is 1. The van der Waals surface area contributed by atoms with Crippen molar-refractivity contribution in [2.45, 2.75) is 72.1 Å². The Morgan fingerprint density at radius 1 is 1.12 bits per heavy atom. The number of benzene rings is 1. The Labute approximate surface area is 156 Å². The molecule has 0 saturated carbocycles. The molecule has 26 heavy (non-hydrogen) atoms. The number of alkyl carbamates (subject to hydrolysis) is 1. The summed E-state index contributed by atoms with van der Waals surface area (Å²) >= 11 is 0. The molecule has 3 atom stereocenters. The molecule has 1 N–H and O–H groups in total. The molecule has 0 fully saturated rings. The summed E-state index contributed by atoms with van der Waals surface area (Å²) in [5.74, 6) is 0.290. The summed E-state index contributed by atoms with van der Waals surface area (Å²) in [4.78, 5) is 24.0. The van der Waals surface area contributed by atoms with Gasteiger partial charge in [0.05, 0.1) is 7.11 Å². The van der Waals surface area contributed by atoms with Crippen molar-refractivity contribution in [1.29, 1.82) is 0 Å². The van der Waals surface area contributed by atoms with Gasteiger partial charge >= 0.3 is 12.1 Å². The van der Waals surface area contributed by atoms with Crippen molar-refractivity contribution in [3.05, 3.63) is 29.3 Å². The third-order valence-corrected chi connectivity index (χ3v) is 4.06. The maximum absolute atomic E-state index is 12.3. The molecule has 0 aliphatic heterocycles. The normalized spacial score (nSPS) is 14.8. The lowest BCUT2D eigenvalue weighted by molar-refractivity contribution is -0.151. The minimum atomic E-state index is -0.795. The van der Waals surface area contributed by atoms with Crippen LogP contribution in [0.2, 0.25) is 0 Å². The fourth-order valence-electron chi connectivity index (χ4n) is 2.47. The lowest BCUT2D eigenvalue weighted by Gasteiger charge is -2.25. The smallest absolute Gasteiger partial charge is 0.408 e. The number of hydrogen-bond acceptors (Lipinski definition) is 5. The minimum Gasteiger partial charge on any atom is -0.497 e. The highest BCUT2D eigenvalue weighted by atomic mass is 16.6. The van der Waals surface area contributed by atoms with E-state index in [-0.39, 0.29) is 12.0 Å². The summed E-state index contributed by atoms with van der Waals surface area (Å²) in [6.45, 7) is 12.7. The van der Waals surface area contributed by atoms with Crippen LogP contribution < -0.4 is 10.1 Å². The van der Waals surface area contributed by atoms with Gasteiger partial charge in [0.1, 0.15) is 23.5 Å². The van der Waals surface area contributed by atoms with Crippen LogP contribution in [0.3, 0.4) is 0 Å². The zero-order valence-electron chi connectivity index (χ0n) is 17.0. The molecule has 0 aromatic heterocycles. The van der Waals surface area contributed by atoms with E-state index in [4.69, 9.17) is 14.2 Å². The molecule has 146 valence electrons. The van der Waals surface area contributed by atoms with E-state index in [0.717, 1.165) is 16.9 Å². The van der Waals surface area contributed by atoms with E-state index in [9.17, 15) is 9.59 Å². The van der Waals surface area contributed by atoms with Gasteiger partial charge in [-0.15, -0.1) is 0 Å². The lowest BCUT2D eigenvalue weighted by Crippen LogP contribution is -2.43. The average Bonchev–Trinajstić information content (AvgIpc) is 2.51. The summed E-state index contributed by atoms with van der Waals surface area (Å²) in [5, 5.41) is 2.49. The molecule has 1 aromatic rings. The Morgan fingerprint density at radius 2 is 1.73 bits per heavy atom. The number of aryl methyl sites for hydroxylation is 1. The van der Waals surface area contributed by atoms with Gasteiger partial charge in [-0.1, -0.05) is 13.0 Å². The average molecular weight is 365 g/mol. The van der Waals surface area contributed by atoms with E-state index >= 15 is 0 Å². The first kappa shape index (κ1) is 21.8. The van der Waals surface area contributed by atoms with Crippen molar-refractivity contribution in [3.8, 4) is 5.75 Å². The number of ether oxygens (including phenoxy) is 3. The Hall–Kier alpha value is -2.24. The van der Waals surface area contributed by atoms with Crippen LogP contribution in [-0.4, -0.2) is 36.9 Å². The highest BCUT2D eigenvalue weighted by Gasteiger charge is 2.26. The molecule has 0 spiro atoms. The number of carbonyl (C=O) groups is 2. The van der Waals surface area contributed by atoms with Gasteiger partial charge in [-0.25, -0.2) is 9.59 Å². The topological polar surface area (TPSA) is 73.9 Å². The van der Waals surface area contributed by atoms with E-state index in [1.807, 2.05) is 39.0 Å². The molecule has 1 aromatic carbocycles. The van der Waals surface area contributed by atoms with Gasteiger partial charge in [0.15, 0.2) is 0 Å². The molecule has 1 rings (SSSR count). The molecule has 1 amide bonds. The van der Waals surface area contributed by atoms with Crippen LogP contribution in [0.1, 0.15) is 58.6 Å². The summed E-state index contributed by atoms with van der Waals surface area (Å²) in [5.41, 5.74) is 1.53. The second-order valence-corrected chi connectivity index (χ2v) is 7.52. The summed E-state index contributed by atoms with van der Waals surface area (Å²) < 4.78 is 15.9. The molecule has 6 nitrogen and oxygen atoms in total. The fourth-order valence-corrected chi connectivity index (χ4v) is 2.47. The second-order valence-electron chi connectivity index (χ2n) is 7.52. The summed E-state index contributed by atoms with van der Waals surface area (Å²) in [6.07, 6.45) is -0.994. The van der Waals surface area contributed by atoms with Crippen LogP contribution in [0.4, 0.5) is 4.79 Å². The van der Waals surface area contributed by atoms with Gasteiger partial charge in [-0.3, -0.25) is 0 Å². The number of nitrogens with one attached hydrogen (secondary N) is 1. The van der Waals surface area contributed by atoms with Crippen molar-refractivity contribution >= 4 is 12.1 Å². The Morgan fingerprint density at radius 3 is 2.23 bits per heavy atom. The van der Waals surface area contributed by atoms with Gasteiger partial charge < -0.3 is 19.5 Å². The predicted octanol–water partition coefficient (Wildman–Crippen LogP) is 3.95. The van der Waals surface area contributed by atoms with E-state index in [2.05, 4.69) is 5.32 Å².